The van der Waals surface area contributed by atoms with Crippen LogP contribution in [0.15, 0.2) is 27.6 Å². The van der Waals surface area contributed by atoms with Gasteiger partial charge in [-0.15, -0.1) is 0 Å². The van der Waals surface area contributed by atoms with Crippen LogP contribution in [-0.2, 0) is 15.6 Å². The van der Waals surface area contributed by atoms with Crippen LogP contribution in [0, 0.1) is 0 Å². The van der Waals surface area contributed by atoms with Crippen molar-refractivity contribution < 1.29 is 17.7 Å². The third kappa shape index (κ3) is 3.37. The molecule has 0 aliphatic heterocycles. The van der Waals surface area contributed by atoms with Crippen molar-refractivity contribution in [3.63, 3.8) is 0 Å². The zero-order valence-corrected chi connectivity index (χ0v) is 15.8. The van der Waals surface area contributed by atoms with E-state index in [1.807, 2.05) is 0 Å². The van der Waals surface area contributed by atoms with Gasteiger partial charge in [-0.2, -0.15) is 4.98 Å². The summed E-state index contributed by atoms with van der Waals surface area (Å²) in [6, 6.07) is 4.90. The van der Waals surface area contributed by atoms with E-state index in [1.54, 1.807) is 24.3 Å². The van der Waals surface area contributed by atoms with Crippen LogP contribution >= 0.6 is 0 Å². The topological polar surface area (TPSA) is 112 Å². The predicted molar refractivity (Wildman–Crippen MR) is 96.8 cm³/mol. The van der Waals surface area contributed by atoms with E-state index in [-0.39, 0.29) is 10.6 Å². The molecule has 1 aromatic carbocycles. The second-order valence-electron chi connectivity index (χ2n) is 6.50. The second-order valence-corrected chi connectivity index (χ2v) is 8.62. The van der Waals surface area contributed by atoms with E-state index in [9.17, 15) is 8.42 Å². The van der Waals surface area contributed by atoms with E-state index in [0.29, 0.717) is 17.3 Å². The third-order valence-electron chi connectivity index (χ3n) is 4.50. The maximum atomic E-state index is 12.5. The second kappa shape index (κ2) is 6.82. The first-order valence-corrected chi connectivity index (χ1v) is 9.62. The molecule has 8 nitrogen and oxygen atoms in total. The molecule has 1 heterocycles. The number of rotatable bonds is 6. The number of hydrogen-bond acceptors (Lipinski definition) is 7. The van der Waals surface area contributed by atoms with Crippen molar-refractivity contribution in [2.24, 2.45) is 5.73 Å². The van der Waals surface area contributed by atoms with Crippen LogP contribution in [0.3, 0.4) is 0 Å². The van der Waals surface area contributed by atoms with E-state index in [1.165, 1.54) is 27.3 Å². The number of nitrogens with two attached hydrogens (primary N) is 1. The summed E-state index contributed by atoms with van der Waals surface area (Å²) in [5.41, 5.74) is 6.36. The summed E-state index contributed by atoms with van der Waals surface area (Å²) in [4.78, 5) is 4.40. The van der Waals surface area contributed by atoms with Crippen molar-refractivity contribution in [1.29, 1.82) is 0 Å². The van der Waals surface area contributed by atoms with E-state index in [0.717, 1.165) is 23.6 Å². The molecular weight excluding hydrogens is 356 g/mol. The molecule has 3 rings (SSSR count). The van der Waals surface area contributed by atoms with Gasteiger partial charge in [-0.05, 0) is 43.0 Å². The molecule has 1 fully saturated rings. The zero-order chi connectivity index (χ0) is 18.9. The number of ether oxygens (including phenoxy) is 1. The van der Waals surface area contributed by atoms with Crippen LogP contribution < -0.4 is 10.5 Å². The lowest BCUT2D eigenvalue weighted by Crippen LogP contribution is -2.44. The number of sulfonamides is 1. The van der Waals surface area contributed by atoms with Gasteiger partial charge < -0.3 is 15.0 Å². The summed E-state index contributed by atoms with van der Waals surface area (Å²) in [5, 5.41) is 3.94. The Morgan fingerprint density at radius 3 is 2.62 bits per heavy atom. The molecule has 2 aromatic rings. The van der Waals surface area contributed by atoms with Crippen LogP contribution in [0.25, 0.3) is 12.2 Å². The summed E-state index contributed by atoms with van der Waals surface area (Å²) >= 11 is 0. The highest BCUT2D eigenvalue weighted by Crippen LogP contribution is 2.37. The van der Waals surface area contributed by atoms with Crippen LogP contribution in [-0.4, -0.2) is 44.1 Å². The average molecular weight is 378 g/mol. The van der Waals surface area contributed by atoms with Crippen LogP contribution in [0.4, 0.5) is 0 Å². The number of methoxy groups -OCH3 is 1. The summed E-state index contributed by atoms with van der Waals surface area (Å²) in [6.45, 7) is 0. The van der Waals surface area contributed by atoms with Gasteiger partial charge in [0.2, 0.25) is 10.0 Å². The Morgan fingerprint density at radius 1 is 1.31 bits per heavy atom. The fourth-order valence-electron chi connectivity index (χ4n) is 2.65. The Balaban J connectivity index is 1.87. The van der Waals surface area contributed by atoms with Crippen molar-refractivity contribution >= 4 is 22.2 Å². The Hall–Kier alpha value is -2.23. The molecule has 1 aliphatic rings. The molecule has 26 heavy (non-hydrogen) atoms. The largest absolute Gasteiger partial charge is 0.495 e. The molecule has 1 aromatic heterocycles. The SMILES string of the molecule is COc1ccc(/C=C/c2nc(C3(N)CCC3)no2)cc1S(=O)(=O)N(C)C. The summed E-state index contributed by atoms with van der Waals surface area (Å²) in [7, 11) is 0.749. The average Bonchev–Trinajstić information content (AvgIpc) is 3.06. The maximum Gasteiger partial charge on any atom is 0.250 e. The number of aromatic nitrogens is 2. The van der Waals surface area contributed by atoms with E-state index in [4.69, 9.17) is 15.0 Å². The molecular formula is C17H22N4O4S. The third-order valence-corrected chi connectivity index (χ3v) is 6.33. The highest BCUT2D eigenvalue weighted by molar-refractivity contribution is 7.89. The highest BCUT2D eigenvalue weighted by atomic mass is 32.2. The van der Waals surface area contributed by atoms with Gasteiger partial charge in [0.25, 0.3) is 5.89 Å². The van der Waals surface area contributed by atoms with Gasteiger partial charge in [0.1, 0.15) is 10.6 Å². The lowest BCUT2D eigenvalue weighted by molar-refractivity contribution is 0.229. The molecule has 0 unspecified atom stereocenters. The number of nitrogens with zero attached hydrogens (tertiary/aromatic N) is 3. The van der Waals surface area contributed by atoms with Gasteiger partial charge in [-0.3, -0.25) is 0 Å². The Bertz CT molecular complexity index is 930. The minimum Gasteiger partial charge on any atom is -0.495 e. The van der Waals surface area contributed by atoms with Crippen LogP contribution in [0.5, 0.6) is 5.75 Å². The number of hydrogen-bond donors (Lipinski definition) is 1. The molecule has 0 amide bonds. The van der Waals surface area contributed by atoms with E-state index < -0.39 is 15.6 Å². The Kier molecular flexibility index (Phi) is 4.87. The van der Waals surface area contributed by atoms with Crippen LogP contribution in [0.1, 0.15) is 36.5 Å². The smallest absolute Gasteiger partial charge is 0.250 e. The molecule has 0 atom stereocenters. The molecule has 1 saturated carbocycles. The van der Waals surface area contributed by atoms with E-state index in [2.05, 4.69) is 10.1 Å². The van der Waals surface area contributed by atoms with Crippen molar-refractivity contribution in [1.82, 2.24) is 14.4 Å². The van der Waals surface area contributed by atoms with Crippen molar-refractivity contribution in [2.45, 2.75) is 29.7 Å². The molecule has 1 aliphatic carbocycles. The van der Waals surface area contributed by atoms with Gasteiger partial charge in [-0.1, -0.05) is 11.2 Å². The molecule has 2 N–H and O–H groups in total. The van der Waals surface area contributed by atoms with Gasteiger partial charge >= 0.3 is 0 Å². The normalized spacial score (nSPS) is 16.8. The van der Waals surface area contributed by atoms with Gasteiger partial charge in [0.15, 0.2) is 5.82 Å². The lowest BCUT2D eigenvalue weighted by Gasteiger charge is -2.34. The molecule has 0 bridgehead atoms. The molecule has 140 valence electrons. The van der Waals surface area contributed by atoms with E-state index >= 15 is 0 Å². The maximum absolute atomic E-state index is 12.5. The fourth-order valence-corrected chi connectivity index (χ4v) is 3.73. The van der Waals surface area contributed by atoms with Crippen molar-refractivity contribution in [3.8, 4) is 5.75 Å². The Labute approximate surface area is 152 Å². The number of benzene rings is 1. The summed E-state index contributed by atoms with van der Waals surface area (Å²) in [6.07, 6.45) is 6.09. The van der Waals surface area contributed by atoms with Crippen LogP contribution in [0.2, 0.25) is 0 Å². The lowest BCUT2D eigenvalue weighted by atomic mass is 9.77. The minimum absolute atomic E-state index is 0.0914. The molecule has 0 spiro atoms. The summed E-state index contributed by atoms with van der Waals surface area (Å²) in [5.74, 6) is 1.12. The standard InChI is InChI=1S/C17H22N4O4S/c1-21(2)26(22,23)14-11-12(5-7-13(14)24-3)6-8-15-19-16(20-25-15)17(18)9-4-10-17/h5-8,11H,4,9-10,18H2,1-3H3/b8-6+. The summed E-state index contributed by atoms with van der Waals surface area (Å²) < 4.78 is 36.4. The zero-order valence-electron chi connectivity index (χ0n) is 15.0. The fraction of sp³-hybridized carbons (Fsp3) is 0.412. The quantitative estimate of drug-likeness (QED) is 0.816. The van der Waals surface area contributed by atoms with Gasteiger partial charge in [0.05, 0.1) is 12.6 Å². The first-order chi connectivity index (χ1) is 12.3. The first kappa shape index (κ1) is 18.6. The van der Waals surface area contributed by atoms with Gasteiger partial charge in [-0.25, -0.2) is 12.7 Å². The minimum atomic E-state index is -3.63. The monoisotopic (exact) mass is 378 g/mol. The molecule has 9 heteroatoms. The highest BCUT2D eigenvalue weighted by Gasteiger charge is 2.38. The van der Waals surface area contributed by atoms with Gasteiger partial charge in [0, 0.05) is 20.2 Å². The Morgan fingerprint density at radius 2 is 2.04 bits per heavy atom. The molecule has 0 radical (unpaired) electrons. The molecule has 0 saturated heterocycles. The van der Waals surface area contributed by atoms with Crippen molar-refractivity contribution in [2.75, 3.05) is 21.2 Å². The predicted octanol–water partition coefficient (Wildman–Crippen LogP) is 1.84. The van der Waals surface area contributed by atoms with Crippen molar-refractivity contribution in [3.05, 3.63) is 35.5 Å². The first-order valence-electron chi connectivity index (χ1n) is 8.18.